The van der Waals surface area contributed by atoms with Gasteiger partial charge in [-0.3, -0.25) is 9.59 Å². The number of nitrogens with one attached hydrogen (secondary N) is 2. The van der Waals surface area contributed by atoms with Crippen molar-refractivity contribution in [1.29, 1.82) is 0 Å². The van der Waals surface area contributed by atoms with Gasteiger partial charge in [-0.05, 0) is 31.9 Å². The maximum atomic E-state index is 12.1. The number of nitrogens with zero attached hydrogens (tertiary/aromatic N) is 1. The number of methoxy groups -OCH3 is 1. The fourth-order valence-corrected chi connectivity index (χ4v) is 2.79. The van der Waals surface area contributed by atoms with Crippen LogP contribution < -0.4 is 15.4 Å². The van der Waals surface area contributed by atoms with Gasteiger partial charge >= 0.3 is 6.09 Å². The van der Waals surface area contributed by atoms with E-state index < -0.39 is 5.91 Å². The van der Waals surface area contributed by atoms with Gasteiger partial charge in [0.25, 0.3) is 0 Å². The van der Waals surface area contributed by atoms with Crippen molar-refractivity contribution >= 4 is 23.6 Å². The number of carbonyl (C=O) groups excluding carboxylic acids is 3. The molecule has 1 aliphatic rings. The molecule has 1 aromatic carbocycles. The van der Waals surface area contributed by atoms with Gasteiger partial charge in [0.05, 0.1) is 19.4 Å². The molecule has 0 radical (unpaired) electrons. The van der Waals surface area contributed by atoms with Crippen LogP contribution in [-0.4, -0.2) is 55.7 Å². The Morgan fingerprint density at radius 2 is 1.85 bits per heavy atom. The molecule has 0 aromatic heterocycles. The molecule has 8 nitrogen and oxygen atoms in total. The maximum absolute atomic E-state index is 12.1. The minimum absolute atomic E-state index is 0.0489. The van der Waals surface area contributed by atoms with E-state index in [-0.39, 0.29) is 24.5 Å². The number of carbonyl (C=O) groups is 3. The third kappa shape index (κ3) is 5.65. The van der Waals surface area contributed by atoms with Gasteiger partial charge in [0.1, 0.15) is 12.2 Å². The van der Waals surface area contributed by atoms with E-state index in [2.05, 4.69) is 10.6 Å². The molecular formula is C18H25N3O5. The van der Waals surface area contributed by atoms with E-state index in [1.54, 1.807) is 36.1 Å². The molecule has 2 rings (SSSR count). The molecule has 1 fully saturated rings. The predicted molar refractivity (Wildman–Crippen MR) is 96.0 cm³/mol. The van der Waals surface area contributed by atoms with Crippen LogP contribution in [0.25, 0.3) is 0 Å². The largest absolute Gasteiger partial charge is 0.495 e. The lowest BCUT2D eigenvalue weighted by atomic mass is 10.1. The molecule has 0 saturated carbocycles. The Morgan fingerprint density at radius 3 is 2.50 bits per heavy atom. The summed E-state index contributed by atoms with van der Waals surface area (Å²) >= 11 is 0. The van der Waals surface area contributed by atoms with Gasteiger partial charge in [-0.15, -0.1) is 0 Å². The topological polar surface area (TPSA) is 97.0 Å². The second kappa shape index (κ2) is 9.65. The average Bonchev–Trinajstić information content (AvgIpc) is 2.62. The van der Waals surface area contributed by atoms with Gasteiger partial charge in [-0.25, -0.2) is 4.79 Å². The summed E-state index contributed by atoms with van der Waals surface area (Å²) in [4.78, 5) is 37.4. The molecule has 2 N–H and O–H groups in total. The van der Waals surface area contributed by atoms with E-state index in [1.165, 1.54) is 7.11 Å². The van der Waals surface area contributed by atoms with Crippen LogP contribution in [0.15, 0.2) is 24.3 Å². The number of para-hydroxylation sites is 2. The van der Waals surface area contributed by atoms with Gasteiger partial charge in [-0.1, -0.05) is 12.1 Å². The number of amides is 3. The van der Waals surface area contributed by atoms with Crippen molar-refractivity contribution in [2.75, 3.05) is 32.1 Å². The summed E-state index contributed by atoms with van der Waals surface area (Å²) in [6.45, 7) is 3.16. The van der Waals surface area contributed by atoms with Crippen LogP contribution in [0.3, 0.4) is 0 Å². The van der Waals surface area contributed by atoms with E-state index in [0.29, 0.717) is 44.0 Å². The quantitative estimate of drug-likeness (QED) is 0.751. The number of rotatable bonds is 6. The standard InChI is InChI=1S/C18H25N3O5/c1-3-26-18(24)21-10-8-13(9-11-21)19-16(22)12-17(23)20-14-6-4-5-7-15(14)25-2/h4-7,13H,3,8-12H2,1-2H3,(H,19,22)(H,20,23). The Kier molecular flexibility index (Phi) is 7.25. The SMILES string of the molecule is CCOC(=O)N1CCC(NC(=O)CC(=O)Nc2ccccc2OC)CC1. The van der Waals surface area contributed by atoms with Crippen molar-refractivity contribution in [3.05, 3.63) is 24.3 Å². The molecule has 1 aliphatic heterocycles. The lowest BCUT2D eigenvalue weighted by Gasteiger charge is -2.31. The lowest BCUT2D eigenvalue weighted by molar-refractivity contribution is -0.127. The Balaban J connectivity index is 1.75. The Bertz CT molecular complexity index is 641. The highest BCUT2D eigenvalue weighted by Crippen LogP contribution is 2.23. The second-order valence-corrected chi connectivity index (χ2v) is 5.95. The predicted octanol–water partition coefficient (Wildman–Crippen LogP) is 1.76. The number of anilines is 1. The van der Waals surface area contributed by atoms with Gasteiger partial charge in [0.2, 0.25) is 11.8 Å². The summed E-state index contributed by atoms with van der Waals surface area (Å²) in [7, 11) is 1.51. The first-order valence-corrected chi connectivity index (χ1v) is 8.67. The van der Waals surface area contributed by atoms with Crippen molar-refractivity contribution in [2.45, 2.75) is 32.2 Å². The minimum atomic E-state index is -0.407. The van der Waals surface area contributed by atoms with E-state index >= 15 is 0 Å². The van der Waals surface area contributed by atoms with E-state index in [9.17, 15) is 14.4 Å². The summed E-state index contributed by atoms with van der Waals surface area (Å²) in [6.07, 6.45) is 0.682. The number of hydrogen-bond acceptors (Lipinski definition) is 5. The fourth-order valence-electron chi connectivity index (χ4n) is 2.79. The van der Waals surface area contributed by atoms with Crippen molar-refractivity contribution in [1.82, 2.24) is 10.2 Å². The molecule has 0 spiro atoms. The first-order valence-electron chi connectivity index (χ1n) is 8.67. The van der Waals surface area contributed by atoms with Crippen LogP contribution in [-0.2, 0) is 14.3 Å². The van der Waals surface area contributed by atoms with Gasteiger partial charge in [-0.2, -0.15) is 0 Å². The fraction of sp³-hybridized carbons (Fsp3) is 0.500. The number of ether oxygens (including phenoxy) is 2. The van der Waals surface area contributed by atoms with Crippen LogP contribution >= 0.6 is 0 Å². The Labute approximate surface area is 152 Å². The lowest BCUT2D eigenvalue weighted by Crippen LogP contribution is -2.47. The molecule has 0 bridgehead atoms. The third-order valence-corrected chi connectivity index (χ3v) is 4.09. The smallest absolute Gasteiger partial charge is 0.409 e. The summed E-state index contributed by atoms with van der Waals surface area (Å²) < 4.78 is 10.1. The van der Waals surface area contributed by atoms with Crippen LogP contribution in [0, 0.1) is 0 Å². The van der Waals surface area contributed by atoms with Crippen LogP contribution in [0.4, 0.5) is 10.5 Å². The molecule has 3 amide bonds. The zero-order valence-electron chi connectivity index (χ0n) is 15.1. The number of hydrogen-bond donors (Lipinski definition) is 2. The average molecular weight is 363 g/mol. The Hall–Kier alpha value is -2.77. The molecule has 1 saturated heterocycles. The highest BCUT2D eigenvalue weighted by atomic mass is 16.6. The number of benzene rings is 1. The highest BCUT2D eigenvalue weighted by Gasteiger charge is 2.25. The van der Waals surface area contributed by atoms with Crippen molar-refractivity contribution in [3.8, 4) is 5.75 Å². The zero-order valence-corrected chi connectivity index (χ0v) is 15.1. The first-order chi connectivity index (χ1) is 12.5. The molecule has 0 aliphatic carbocycles. The van der Waals surface area contributed by atoms with Gasteiger partial charge < -0.3 is 25.0 Å². The summed E-state index contributed by atoms with van der Waals surface area (Å²) in [5.41, 5.74) is 0.524. The molecule has 0 atom stereocenters. The van der Waals surface area contributed by atoms with Crippen LogP contribution in [0.5, 0.6) is 5.75 Å². The minimum Gasteiger partial charge on any atom is -0.495 e. The number of piperidine rings is 1. The summed E-state index contributed by atoms with van der Waals surface area (Å²) in [5, 5.41) is 5.52. The second-order valence-electron chi connectivity index (χ2n) is 5.95. The first kappa shape index (κ1) is 19.6. The van der Waals surface area contributed by atoms with Crippen LogP contribution in [0.1, 0.15) is 26.2 Å². The van der Waals surface area contributed by atoms with E-state index in [0.717, 1.165) is 0 Å². The number of likely N-dealkylation sites (tertiary alicyclic amines) is 1. The summed E-state index contributed by atoms with van der Waals surface area (Å²) in [5.74, 6) is -0.212. The normalized spacial score (nSPS) is 14.5. The molecule has 8 heteroatoms. The zero-order chi connectivity index (χ0) is 18.9. The molecule has 142 valence electrons. The highest BCUT2D eigenvalue weighted by molar-refractivity contribution is 6.04. The van der Waals surface area contributed by atoms with Gasteiger partial charge in [0, 0.05) is 19.1 Å². The van der Waals surface area contributed by atoms with Crippen molar-refractivity contribution in [2.24, 2.45) is 0 Å². The summed E-state index contributed by atoms with van der Waals surface area (Å²) in [6, 6.07) is 6.96. The molecule has 26 heavy (non-hydrogen) atoms. The van der Waals surface area contributed by atoms with Crippen LogP contribution in [0.2, 0.25) is 0 Å². The van der Waals surface area contributed by atoms with Crippen molar-refractivity contribution in [3.63, 3.8) is 0 Å². The van der Waals surface area contributed by atoms with Gasteiger partial charge in [0.15, 0.2) is 0 Å². The molecule has 1 heterocycles. The Morgan fingerprint density at radius 1 is 1.15 bits per heavy atom. The van der Waals surface area contributed by atoms with E-state index in [1.807, 2.05) is 0 Å². The van der Waals surface area contributed by atoms with Crippen molar-refractivity contribution < 1.29 is 23.9 Å². The maximum Gasteiger partial charge on any atom is 0.409 e. The molecular weight excluding hydrogens is 338 g/mol. The third-order valence-electron chi connectivity index (χ3n) is 4.09. The monoisotopic (exact) mass is 363 g/mol. The van der Waals surface area contributed by atoms with E-state index in [4.69, 9.17) is 9.47 Å². The molecule has 1 aromatic rings. The molecule has 0 unspecified atom stereocenters.